The number of rotatable bonds is 4. The van der Waals surface area contributed by atoms with Crippen LogP contribution in [0, 0.1) is 0 Å². The van der Waals surface area contributed by atoms with E-state index >= 15 is 0 Å². The molecule has 5 nitrogen and oxygen atoms in total. The molecular formula is C15H20N2O3. The van der Waals surface area contributed by atoms with Crippen LogP contribution < -0.4 is 5.32 Å². The molecule has 1 aliphatic rings. The molecule has 108 valence electrons. The zero-order valence-electron chi connectivity index (χ0n) is 11.6. The van der Waals surface area contributed by atoms with Crippen LogP contribution in [-0.4, -0.2) is 41.0 Å². The lowest BCUT2D eigenvalue weighted by atomic mass is 10.0. The highest BCUT2D eigenvalue weighted by Gasteiger charge is 2.40. The average molecular weight is 276 g/mol. The Hall–Kier alpha value is -1.88. The van der Waals surface area contributed by atoms with Crippen LogP contribution in [0.1, 0.15) is 25.7 Å². The number of hydrogen-bond donors (Lipinski definition) is 2. The van der Waals surface area contributed by atoms with Crippen molar-refractivity contribution >= 4 is 17.5 Å². The Morgan fingerprint density at radius 3 is 2.45 bits per heavy atom. The molecular weight excluding hydrogens is 256 g/mol. The van der Waals surface area contributed by atoms with Gasteiger partial charge in [-0.3, -0.25) is 9.59 Å². The van der Waals surface area contributed by atoms with Gasteiger partial charge in [0.1, 0.15) is 5.60 Å². The molecule has 0 atom stereocenters. The van der Waals surface area contributed by atoms with E-state index in [-0.39, 0.29) is 18.4 Å². The SMILES string of the molecule is CN(CC(=O)Nc1ccccc1)C(=O)C1(O)CCCC1. The van der Waals surface area contributed by atoms with Crippen molar-refractivity contribution in [2.75, 3.05) is 18.9 Å². The molecule has 0 heterocycles. The normalized spacial score (nSPS) is 16.7. The summed E-state index contributed by atoms with van der Waals surface area (Å²) in [5.74, 6) is -0.633. The first-order chi connectivity index (χ1) is 9.51. The highest BCUT2D eigenvalue weighted by molar-refractivity contribution is 5.95. The molecule has 2 rings (SSSR count). The molecule has 1 aromatic rings. The third-order valence-corrected chi connectivity index (χ3v) is 3.61. The number of nitrogens with one attached hydrogen (secondary N) is 1. The van der Waals surface area contributed by atoms with E-state index in [0.29, 0.717) is 18.5 Å². The summed E-state index contributed by atoms with van der Waals surface area (Å²) in [7, 11) is 1.54. The Balaban J connectivity index is 1.89. The van der Waals surface area contributed by atoms with Crippen molar-refractivity contribution in [2.45, 2.75) is 31.3 Å². The minimum Gasteiger partial charge on any atom is -0.380 e. The summed E-state index contributed by atoms with van der Waals surface area (Å²) in [6, 6.07) is 9.08. The lowest BCUT2D eigenvalue weighted by molar-refractivity contribution is -0.150. The Kier molecular flexibility index (Phi) is 4.39. The number of aliphatic hydroxyl groups is 1. The molecule has 0 spiro atoms. The number of nitrogens with zero attached hydrogens (tertiary/aromatic N) is 1. The van der Waals surface area contributed by atoms with Gasteiger partial charge in [0.2, 0.25) is 5.91 Å². The molecule has 0 unspecified atom stereocenters. The summed E-state index contributed by atoms with van der Waals surface area (Å²) in [4.78, 5) is 25.3. The fraction of sp³-hybridized carbons (Fsp3) is 0.467. The van der Waals surface area contributed by atoms with Crippen LogP contribution in [0.2, 0.25) is 0 Å². The first kappa shape index (κ1) is 14.5. The fourth-order valence-corrected chi connectivity index (χ4v) is 2.54. The predicted molar refractivity (Wildman–Crippen MR) is 76.1 cm³/mol. The van der Waals surface area contributed by atoms with E-state index in [0.717, 1.165) is 12.8 Å². The number of para-hydroxylation sites is 1. The Labute approximate surface area is 118 Å². The molecule has 1 aromatic carbocycles. The van der Waals surface area contributed by atoms with E-state index < -0.39 is 5.60 Å². The molecule has 1 saturated carbocycles. The van der Waals surface area contributed by atoms with Gasteiger partial charge in [0.05, 0.1) is 6.54 Å². The quantitative estimate of drug-likeness (QED) is 0.873. The number of amides is 2. The Morgan fingerprint density at radius 1 is 1.25 bits per heavy atom. The fourth-order valence-electron chi connectivity index (χ4n) is 2.54. The average Bonchev–Trinajstić information content (AvgIpc) is 2.87. The lowest BCUT2D eigenvalue weighted by Crippen LogP contribution is -2.48. The van der Waals surface area contributed by atoms with E-state index in [1.807, 2.05) is 18.2 Å². The van der Waals surface area contributed by atoms with Crippen LogP contribution in [0.3, 0.4) is 0 Å². The summed E-state index contributed by atoms with van der Waals surface area (Å²) >= 11 is 0. The number of likely N-dealkylation sites (N-methyl/N-ethyl adjacent to an activating group) is 1. The molecule has 5 heteroatoms. The van der Waals surface area contributed by atoms with Crippen LogP contribution in [0.5, 0.6) is 0 Å². The molecule has 0 aromatic heterocycles. The number of benzene rings is 1. The zero-order valence-corrected chi connectivity index (χ0v) is 11.6. The first-order valence-electron chi connectivity index (χ1n) is 6.84. The van der Waals surface area contributed by atoms with Crippen LogP contribution in [0.15, 0.2) is 30.3 Å². The smallest absolute Gasteiger partial charge is 0.254 e. The van der Waals surface area contributed by atoms with Gasteiger partial charge in [0.15, 0.2) is 0 Å². The monoisotopic (exact) mass is 276 g/mol. The Bertz CT molecular complexity index is 481. The van der Waals surface area contributed by atoms with Gasteiger partial charge in [0.25, 0.3) is 5.91 Å². The first-order valence-corrected chi connectivity index (χ1v) is 6.84. The number of hydrogen-bond acceptors (Lipinski definition) is 3. The minimum atomic E-state index is -1.28. The van der Waals surface area contributed by atoms with Gasteiger partial charge >= 0.3 is 0 Å². The van der Waals surface area contributed by atoms with Gasteiger partial charge in [-0.1, -0.05) is 18.2 Å². The summed E-state index contributed by atoms with van der Waals surface area (Å²) < 4.78 is 0. The topological polar surface area (TPSA) is 69.6 Å². The minimum absolute atomic E-state index is 0.0595. The lowest BCUT2D eigenvalue weighted by Gasteiger charge is -2.27. The second-order valence-electron chi connectivity index (χ2n) is 5.31. The van der Waals surface area contributed by atoms with Gasteiger partial charge in [-0.05, 0) is 37.8 Å². The van der Waals surface area contributed by atoms with Crippen LogP contribution in [0.25, 0.3) is 0 Å². The van der Waals surface area contributed by atoms with Crippen LogP contribution >= 0.6 is 0 Å². The van der Waals surface area contributed by atoms with Crippen LogP contribution in [-0.2, 0) is 9.59 Å². The Morgan fingerprint density at radius 2 is 1.85 bits per heavy atom. The van der Waals surface area contributed by atoms with Gasteiger partial charge < -0.3 is 15.3 Å². The maximum atomic E-state index is 12.2. The second-order valence-corrected chi connectivity index (χ2v) is 5.31. The molecule has 0 radical (unpaired) electrons. The van der Waals surface area contributed by atoms with Crippen molar-refractivity contribution in [3.05, 3.63) is 30.3 Å². The van der Waals surface area contributed by atoms with Crippen LogP contribution in [0.4, 0.5) is 5.69 Å². The highest BCUT2D eigenvalue weighted by Crippen LogP contribution is 2.30. The molecule has 20 heavy (non-hydrogen) atoms. The zero-order chi connectivity index (χ0) is 14.6. The van der Waals surface area contributed by atoms with Crippen molar-refractivity contribution in [1.29, 1.82) is 0 Å². The van der Waals surface area contributed by atoms with Gasteiger partial charge in [-0.2, -0.15) is 0 Å². The summed E-state index contributed by atoms with van der Waals surface area (Å²) in [5, 5.41) is 12.9. The van der Waals surface area contributed by atoms with E-state index in [1.54, 1.807) is 19.2 Å². The van der Waals surface area contributed by atoms with Crippen molar-refractivity contribution in [2.24, 2.45) is 0 Å². The van der Waals surface area contributed by atoms with Crippen molar-refractivity contribution in [3.8, 4) is 0 Å². The molecule has 0 bridgehead atoms. The molecule has 2 N–H and O–H groups in total. The van der Waals surface area contributed by atoms with E-state index in [2.05, 4.69) is 5.32 Å². The van der Waals surface area contributed by atoms with Gasteiger partial charge in [0, 0.05) is 12.7 Å². The molecule has 0 saturated heterocycles. The summed E-state index contributed by atoms with van der Waals surface area (Å²) in [6.07, 6.45) is 2.67. The molecule has 0 aliphatic heterocycles. The summed E-state index contributed by atoms with van der Waals surface area (Å²) in [5.41, 5.74) is -0.583. The third kappa shape index (κ3) is 3.36. The maximum absolute atomic E-state index is 12.2. The van der Waals surface area contributed by atoms with Gasteiger partial charge in [-0.15, -0.1) is 0 Å². The number of carbonyl (C=O) groups excluding carboxylic acids is 2. The number of carbonyl (C=O) groups is 2. The predicted octanol–water partition coefficient (Wildman–Crippen LogP) is 1.39. The van der Waals surface area contributed by atoms with Crippen molar-refractivity contribution in [3.63, 3.8) is 0 Å². The van der Waals surface area contributed by atoms with E-state index in [9.17, 15) is 14.7 Å². The molecule has 1 aliphatic carbocycles. The standard InChI is InChI=1S/C15H20N2O3/c1-17(14(19)15(20)9-5-6-10-15)11-13(18)16-12-7-3-2-4-8-12/h2-4,7-8,20H,5-6,9-11H2,1H3,(H,16,18). The third-order valence-electron chi connectivity index (χ3n) is 3.61. The molecule has 2 amide bonds. The van der Waals surface area contributed by atoms with E-state index in [1.165, 1.54) is 4.90 Å². The number of anilines is 1. The van der Waals surface area contributed by atoms with E-state index in [4.69, 9.17) is 0 Å². The molecule has 1 fully saturated rings. The summed E-state index contributed by atoms with van der Waals surface area (Å²) in [6.45, 7) is -0.0595. The van der Waals surface area contributed by atoms with Crippen molar-refractivity contribution in [1.82, 2.24) is 4.90 Å². The second kappa shape index (κ2) is 6.05. The van der Waals surface area contributed by atoms with Gasteiger partial charge in [-0.25, -0.2) is 0 Å². The largest absolute Gasteiger partial charge is 0.380 e. The maximum Gasteiger partial charge on any atom is 0.254 e. The highest BCUT2D eigenvalue weighted by atomic mass is 16.3. The van der Waals surface area contributed by atoms with Crippen molar-refractivity contribution < 1.29 is 14.7 Å².